The van der Waals surface area contributed by atoms with Crippen LogP contribution in [0, 0.1) is 0 Å². The second-order valence-electron chi connectivity index (χ2n) is 7.04. The van der Waals surface area contributed by atoms with Gasteiger partial charge in [0.25, 0.3) is 0 Å². The Morgan fingerprint density at radius 2 is 1.68 bits per heavy atom. The first-order chi connectivity index (χ1) is 15.0. The molecule has 0 bridgehead atoms. The summed E-state index contributed by atoms with van der Waals surface area (Å²) in [5.41, 5.74) is 0.299. The topological polar surface area (TPSA) is 69.4 Å². The summed E-state index contributed by atoms with van der Waals surface area (Å²) in [6.07, 6.45) is 0.410. The minimum atomic E-state index is -4.60. The minimum absolute atomic E-state index is 0.0204. The lowest BCUT2D eigenvalue weighted by atomic mass is 10.2. The van der Waals surface area contributed by atoms with E-state index in [9.17, 15) is 13.2 Å². The molecule has 1 fully saturated rings. The summed E-state index contributed by atoms with van der Waals surface area (Å²) in [5, 5.41) is 9.19. The zero-order valence-corrected chi connectivity index (χ0v) is 16.8. The number of hydrogen-bond acceptors (Lipinski definition) is 6. The smallest absolute Gasteiger partial charge is 0.273 e. The number of pyridine rings is 1. The van der Waals surface area contributed by atoms with E-state index in [1.54, 1.807) is 12.1 Å². The zero-order chi connectivity index (χ0) is 21.4. The molecular weight excluding hydrogens is 425 g/mol. The van der Waals surface area contributed by atoms with Crippen molar-refractivity contribution < 1.29 is 13.2 Å². The van der Waals surface area contributed by atoms with Gasteiger partial charge >= 0.3 is 6.18 Å². The highest BCUT2D eigenvalue weighted by Crippen LogP contribution is 2.42. The summed E-state index contributed by atoms with van der Waals surface area (Å²) in [6.45, 7) is 0. The maximum absolute atomic E-state index is 13.5. The molecule has 0 saturated heterocycles. The van der Waals surface area contributed by atoms with Crippen LogP contribution in [0.2, 0.25) is 0 Å². The maximum Gasteiger partial charge on any atom is 0.433 e. The first-order valence-electron chi connectivity index (χ1n) is 9.54. The Labute approximate surface area is 179 Å². The molecule has 0 radical (unpaired) electrons. The maximum atomic E-state index is 13.5. The number of rotatable bonds is 5. The van der Waals surface area contributed by atoms with Crippen molar-refractivity contribution in [1.82, 2.24) is 29.7 Å². The molecule has 156 valence electrons. The Morgan fingerprint density at radius 1 is 0.935 bits per heavy atom. The van der Waals surface area contributed by atoms with Crippen molar-refractivity contribution >= 4 is 11.8 Å². The molecule has 1 aliphatic carbocycles. The van der Waals surface area contributed by atoms with Gasteiger partial charge in [0.2, 0.25) is 5.16 Å². The lowest BCUT2D eigenvalue weighted by Crippen LogP contribution is -2.10. The van der Waals surface area contributed by atoms with Crippen LogP contribution < -0.4 is 0 Å². The lowest BCUT2D eigenvalue weighted by molar-refractivity contribution is -0.141. The minimum Gasteiger partial charge on any atom is -0.273 e. The van der Waals surface area contributed by atoms with E-state index in [1.165, 1.54) is 12.4 Å². The van der Waals surface area contributed by atoms with Crippen molar-refractivity contribution in [1.29, 1.82) is 0 Å². The Hall–Kier alpha value is -3.27. The number of nitrogens with zero attached hydrogens (tertiary/aromatic N) is 6. The van der Waals surface area contributed by atoms with Crippen molar-refractivity contribution in [2.24, 2.45) is 0 Å². The fraction of sp³-hybridized carbons (Fsp3) is 0.190. The second kappa shape index (κ2) is 7.77. The molecule has 5 rings (SSSR count). The number of benzene rings is 1. The van der Waals surface area contributed by atoms with Gasteiger partial charge in [0.15, 0.2) is 5.82 Å². The van der Waals surface area contributed by atoms with Gasteiger partial charge in [-0.1, -0.05) is 18.2 Å². The van der Waals surface area contributed by atoms with Gasteiger partial charge < -0.3 is 0 Å². The summed E-state index contributed by atoms with van der Waals surface area (Å²) >= 11 is 1.04. The molecule has 0 aliphatic heterocycles. The summed E-state index contributed by atoms with van der Waals surface area (Å²) < 4.78 is 42.5. The van der Waals surface area contributed by atoms with E-state index in [-0.39, 0.29) is 10.9 Å². The van der Waals surface area contributed by atoms with Gasteiger partial charge in [0.05, 0.1) is 0 Å². The van der Waals surface area contributed by atoms with E-state index in [1.807, 2.05) is 34.9 Å². The van der Waals surface area contributed by atoms with Gasteiger partial charge in [0, 0.05) is 35.6 Å². The molecule has 0 amide bonds. The normalized spacial score (nSPS) is 14.0. The fourth-order valence-corrected chi connectivity index (χ4v) is 3.98. The summed E-state index contributed by atoms with van der Waals surface area (Å²) in [4.78, 5) is 12.0. The van der Waals surface area contributed by atoms with Crippen LogP contribution in [-0.4, -0.2) is 29.7 Å². The highest BCUT2D eigenvalue weighted by molar-refractivity contribution is 7.99. The molecule has 3 aromatic heterocycles. The fourth-order valence-electron chi connectivity index (χ4n) is 3.12. The predicted octanol–water partition coefficient (Wildman–Crippen LogP) is 5.17. The average Bonchev–Trinajstić information content (AvgIpc) is 3.54. The molecule has 1 aromatic carbocycles. The molecule has 4 aromatic rings. The Kier molecular flexibility index (Phi) is 4.93. The van der Waals surface area contributed by atoms with Crippen molar-refractivity contribution in [3.05, 3.63) is 72.4 Å². The Balaban J connectivity index is 1.59. The molecule has 31 heavy (non-hydrogen) atoms. The molecule has 0 unspecified atom stereocenters. The van der Waals surface area contributed by atoms with E-state index >= 15 is 0 Å². The van der Waals surface area contributed by atoms with Crippen molar-refractivity contribution in [3.8, 4) is 17.1 Å². The van der Waals surface area contributed by atoms with Crippen molar-refractivity contribution in [2.45, 2.75) is 35.1 Å². The van der Waals surface area contributed by atoms with Crippen LogP contribution in [0.25, 0.3) is 17.1 Å². The lowest BCUT2D eigenvalue weighted by Gasteiger charge is -2.12. The van der Waals surface area contributed by atoms with E-state index in [2.05, 4.69) is 25.1 Å². The largest absolute Gasteiger partial charge is 0.433 e. The number of aromatic nitrogens is 6. The first-order valence-corrected chi connectivity index (χ1v) is 10.4. The quantitative estimate of drug-likeness (QED) is 0.399. The number of alkyl halides is 3. The van der Waals surface area contributed by atoms with Crippen LogP contribution in [0.4, 0.5) is 13.2 Å². The molecule has 10 heteroatoms. The van der Waals surface area contributed by atoms with E-state index < -0.39 is 11.9 Å². The van der Waals surface area contributed by atoms with Gasteiger partial charge in [-0.15, -0.1) is 10.2 Å². The molecule has 1 aliphatic rings. The molecular formula is C21H15F3N6S. The van der Waals surface area contributed by atoms with E-state index in [4.69, 9.17) is 0 Å². The standard InChI is InChI=1S/C21H15F3N6S/c22-21(23,24)16-12-17(27-18(26-16)13-8-10-25-11-9-13)31-20-29-28-19(14-6-7-14)30(20)15-4-2-1-3-5-15/h1-5,8-12,14H,6-7H2. The van der Waals surface area contributed by atoms with Gasteiger partial charge in [-0.25, -0.2) is 9.97 Å². The molecule has 0 spiro atoms. The van der Waals surface area contributed by atoms with Gasteiger partial charge in [-0.05, 0) is 48.9 Å². The molecule has 1 saturated carbocycles. The highest BCUT2D eigenvalue weighted by Gasteiger charge is 2.35. The Morgan fingerprint density at radius 3 is 2.35 bits per heavy atom. The summed E-state index contributed by atoms with van der Waals surface area (Å²) in [6, 6.07) is 13.6. The first kappa shape index (κ1) is 19.7. The SMILES string of the molecule is FC(F)(F)c1cc(Sc2nnc(C3CC3)n2-c2ccccc2)nc(-c2ccncc2)n1. The van der Waals surface area contributed by atoms with Crippen molar-refractivity contribution in [2.75, 3.05) is 0 Å². The monoisotopic (exact) mass is 440 g/mol. The van der Waals surface area contributed by atoms with E-state index in [0.717, 1.165) is 42.2 Å². The highest BCUT2D eigenvalue weighted by atomic mass is 32.2. The molecule has 6 nitrogen and oxygen atoms in total. The Bertz CT molecular complexity index is 1210. The van der Waals surface area contributed by atoms with Crippen LogP contribution in [0.5, 0.6) is 0 Å². The van der Waals surface area contributed by atoms with E-state index in [0.29, 0.717) is 16.6 Å². The molecule has 0 N–H and O–H groups in total. The summed E-state index contributed by atoms with van der Waals surface area (Å²) in [7, 11) is 0. The molecule has 3 heterocycles. The molecule has 0 atom stereocenters. The van der Waals surface area contributed by atoms with Gasteiger partial charge in [-0.3, -0.25) is 9.55 Å². The van der Waals surface area contributed by atoms with Gasteiger partial charge in [0.1, 0.15) is 16.5 Å². The zero-order valence-electron chi connectivity index (χ0n) is 16.0. The van der Waals surface area contributed by atoms with Crippen LogP contribution >= 0.6 is 11.8 Å². The van der Waals surface area contributed by atoms with Gasteiger partial charge in [-0.2, -0.15) is 13.2 Å². The van der Waals surface area contributed by atoms with Crippen LogP contribution in [0.1, 0.15) is 30.3 Å². The third-order valence-corrected chi connectivity index (χ3v) is 5.61. The van der Waals surface area contributed by atoms with Crippen molar-refractivity contribution in [3.63, 3.8) is 0 Å². The van der Waals surface area contributed by atoms with Crippen LogP contribution in [0.15, 0.2) is 71.1 Å². The third-order valence-electron chi connectivity index (χ3n) is 4.74. The third kappa shape index (κ3) is 4.15. The van der Waals surface area contributed by atoms with Crippen LogP contribution in [-0.2, 0) is 6.18 Å². The van der Waals surface area contributed by atoms with Crippen LogP contribution in [0.3, 0.4) is 0 Å². The predicted molar refractivity (Wildman–Crippen MR) is 108 cm³/mol. The summed E-state index contributed by atoms with van der Waals surface area (Å²) in [5.74, 6) is 1.10. The number of hydrogen-bond donors (Lipinski definition) is 0. The number of halogens is 3. The second-order valence-corrected chi connectivity index (χ2v) is 8.02. The average molecular weight is 440 g/mol. The number of para-hydroxylation sites is 1.